The summed E-state index contributed by atoms with van der Waals surface area (Å²) < 4.78 is 0. The first-order chi connectivity index (χ1) is 6.18. The fraction of sp³-hybridized carbons (Fsp3) is 0.700. The van der Waals surface area contributed by atoms with Gasteiger partial charge in [0.2, 0.25) is 0 Å². The predicted molar refractivity (Wildman–Crippen MR) is 51.0 cm³/mol. The number of allylic oxidation sites excluding steroid dienone is 1. The Kier molecular flexibility index (Phi) is 15.5. The van der Waals surface area contributed by atoms with Crippen LogP contribution in [0.3, 0.4) is 0 Å². The highest BCUT2D eigenvalue weighted by atomic mass is 16.4. The standard InChI is InChI=1S/C8H16.C2H4O3/c1-3-5-7-8-6-4-2;3-1-2(4)5/h3H,1,4-8H2,2H3;3H,1H2,(H,4,5)/p-1. The number of aliphatic hydroxyl groups excluding tert-OH is 1. The molecule has 0 aliphatic rings. The van der Waals surface area contributed by atoms with Gasteiger partial charge in [0.15, 0.2) is 0 Å². The average molecular weight is 187 g/mol. The van der Waals surface area contributed by atoms with Crippen LogP contribution in [0, 0.1) is 0 Å². The summed E-state index contributed by atoms with van der Waals surface area (Å²) >= 11 is 0. The Labute approximate surface area is 80.1 Å². The number of hydrogen-bond donors (Lipinski definition) is 1. The van der Waals surface area contributed by atoms with Gasteiger partial charge < -0.3 is 15.0 Å². The van der Waals surface area contributed by atoms with E-state index >= 15 is 0 Å². The van der Waals surface area contributed by atoms with Gasteiger partial charge in [-0.05, 0) is 12.8 Å². The second-order valence-corrected chi connectivity index (χ2v) is 2.67. The predicted octanol–water partition coefficient (Wildman–Crippen LogP) is 0.871. The molecule has 0 rings (SSSR count). The van der Waals surface area contributed by atoms with Gasteiger partial charge in [0.25, 0.3) is 0 Å². The van der Waals surface area contributed by atoms with Crippen molar-refractivity contribution in [3.05, 3.63) is 12.7 Å². The number of hydrogen-bond acceptors (Lipinski definition) is 3. The summed E-state index contributed by atoms with van der Waals surface area (Å²) in [6, 6.07) is 0. The third-order valence-corrected chi connectivity index (χ3v) is 1.39. The summed E-state index contributed by atoms with van der Waals surface area (Å²) in [6.45, 7) is 5.00. The smallest absolute Gasteiger partial charge is 0.0826 e. The van der Waals surface area contributed by atoms with Crippen molar-refractivity contribution in [2.45, 2.75) is 39.0 Å². The summed E-state index contributed by atoms with van der Waals surface area (Å²) in [6.07, 6.45) is 8.61. The molecule has 1 N–H and O–H groups in total. The van der Waals surface area contributed by atoms with E-state index in [1.54, 1.807) is 0 Å². The van der Waals surface area contributed by atoms with Crippen LogP contribution >= 0.6 is 0 Å². The molecule has 0 aromatic carbocycles. The minimum atomic E-state index is -1.44. The van der Waals surface area contributed by atoms with Crippen molar-refractivity contribution in [3.8, 4) is 0 Å². The van der Waals surface area contributed by atoms with Crippen molar-refractivity contribution >= 4 is 5.97 Å². The molecule has 0 aromatic heterocycles. The molecule has 0 unspecified atom stereocenters. The van der Waals surface area contributed by atoms with Crippen molar-refractivity contribution < 1.29 is 15.0 Å². The second-order valence-electron chi connectivity index (χ2n) is 2.67. The molecule has 0 aromatic rings. The molecule has 3 heteroatoms. The molecule has 0 bridgehead atoms. The van der Waals surface area contributed by atoms with Crippen molar-refractivity contribution in [2.24, 2.45) is 0 Å². The van der Waals surface area contributed by atoms with Gasteiger partial charge in [0, 0.05) is 0 Å². The largest absolute Gasteiger partial charge is 0.548 e. The molecule has 0 amide bonds. The zero-order valence-electron chi connectivity index (χ0n) is 8.29. The van der Waals surface area contributed by atoms with E-state index in [9.17, 15) is 0 Å². The maximum absolute atomic E-state index is 9.01. The van der Waals surface area contributed by atoms with Crippen molar-refractivity contribution in [2.75, 3.05) is 6.61 Å². The quantitative estimate of drug-likeness (QED) is 0.496. The van der Waals surface area contributed by atoms with Crippen molar-refractivity contribution in [1.29, 1.82) is 0 Å². The lowest BCUT2D eigenvalue weighted by Crippen LogP contribution is -2.25. The number of aliphatic carboxylic acids is 1. The van der Waals surface area contributed by atoms with Crippen LogP contribution in [-0.2, 0) is 4.79 Å². The van der Waals surface area contributed by atoms with Gasteiger partial charge >= 0.3 is 0 Å². The van der Waals surface area contributed by atoms with E-state index in [-0.39, 0.29) is 0 Å². The topological polar surface area (TPSA) is 60.4 Å². The summed E-state index contributed by atoms with van der Waals surface area (Å²) in [7, 11) is 0. The lowest BCUT2D eigenvalue weighted by atomic mass is 10.2. The Morgan fingerprint density at radius 3 is 2.31 bits per heavy atom. The number of carboxylic acid groups (broad SMARTS) is 1. The van der Waals surface area contributed by atoms with Gasteiger partial charge in [0.1, 0.15) is 0 Å². The van der Waals surface area contributed by atoms with Crippen LogP contribution in [-0.4, -0.2) is 17.7 Å². The molecule has 78 valence electrons. The summed E-state index contributed by atoms with van der Waals surface area (Å²) in [5.41, 5.74) is 0. The maximum atomic E-state index is 9.01. The van der Waals surface area contributed by atoms with Gasteiger partial charge in [0.05, 0.1) is 12.6 Å². The molecule has 3 nitrogen and oxygen atoms in total. The van der Waals surface area contributed by atoms with Gasteiger partial charge in [-0.3, -0.25) is 0 Å². The minimum absolute atomic E-state index is 0.889. The molecule has 0 atom stereocenters. The van der Waals surface area contributed by atoms with Gasteiger partial charge in [-0.2, -0.15) is 0 Å². The monoisotopic (exact) mass is 187 g/mol. The Balaban J connectivity index is 0. The van der Waals surface area contributed by atoms with E-state index in [0.29, 0.717) is 0 Å². The molecule has 0 aliphatic heterocycles. The highest BCUT2D eigenvalue weighted by molar-refractivity contribution is 5.65. The lowest BCUT2D eigenvalue weighted by Gasteiger charge is -1.91. The van der Waals surface area contributed by atoms with E-state index in [0.717, 1.165) is 0 Å². The highest BCUT2D eigenvalue weighted by Gasteiger charge is 1.81. The minimum Gasteiger partial charge on any atom is -0.548 e. The molecule has 13 heavy (non-hydrogen) atoms. The summed E-state index contributed by atoms with van der Waals surface area (Å²) in [5.74, 6) is -1.44. The normalized spacial score (nSPS) is 8.46. The van der Waals surface area contributed by atoms with Crippen LogP contribution in [0.15, 0.2) is 12.7 Å². The molecule has 0 heterocycles. The van der Waals surface area contributed by atoms with Crippen LogP contribution in [0.4, 0.5) is 0 Å². The number of rotatable bonds is 6. The fourth-order valence-electron chi connectivity index (χ4n) is 0.715. The Bertz CT molecular complexity index is 121. The van der Waals surface area contributed by atoms with E-state index < -0.39 is 12.6 Å². The zero-order chi connectivity index (χ0) is 10.5. The molecule has 0 aliphatic carbocycles. The molecule has 0 spiro atoms. The molecule has 0 saturated heterocycles. The molecule has 0 fully saturated rings. The Morgan fingerprint density at radius 1 is 1.46 bits per heavy atom. The van der Waals surface area contributed by atoms with Gasteiger partial charge in [-0.25, -0.2) is 0 Å². The van der Waals surface area contributed by atoms with Crippen LogP contribution in [0.2, 0.25) is 0 Å². The SMILES string of the molecule is C=CCCCCCC.O=C([O-])CO. The van der Waals surface area contributed by atoms with Crippen LogP contribution in [0.5, 0.6) is 0 Å². The lowest BCUT2D eigenvalue weighted by molar-refractivity contribution is -0.308. The van der Waals surface area contributed by atoms with E-state index in [4.69, 9.17) is 15.0 Å². The second kappa shape index (κ2) is 13.7. The third-order valence-electron chi connectivity index (χ3n) is 1.39. The summed E-state index contributed by atoms with van der Waals surface area (Å²) in [4.78, 5) is 9.01. The third kappa shape index (κ3) is 24.7. The van der Waals surface area contributed by atoms with Crippen molar-refractivity contribution in [1.82, 2.24) is 0 Å². The van der Waals surface area contributed by atoms with E-state index in [2.05, 4.69) is 13.5 Å². The summed E-state index contributed by atoms with van der Waals surface area (Å²) in [5, 5.41) is 16.5. The number of unbranched alkanes of at least 4 members (excludes halogenated alkanes) is 4. The van der Waals surface area contributed by atoms with E-state index in [1.807, 2.05) is 6.08 Å². The highest BCUT2D eigenvalue weighted by Crippen LogP contribution is 2.01. The number of carbonyl (C=O) groups is 1. The first-order valence-corrected chi connectivity index (χ1v) is 4.60. The van der Waals surface area contributed by atoms with Crippen LogP contribution in [0.25, 0.3) is 0 Å². The maximum Gasteiger partial charge on any atom is 0.0826 e. The van der Waals surface area contributed by atoms with Gasteiger partial charge in [-0.15, -0.1) is 6.58 Å². The number of carbonyl (C=O) groups excluding carboxylic acids is 1. The Hall–Kier alpha value is -0.830. The molecule has 0 saturated carbocycles. The van der Waals surface area contributed by atoms with Crippen LogP contribution in [0.1, 0.15) is 39.0 Å². The fourth-order valence-corrected chi connectivity index (χ4v) is 0.715. The zero-order valence-corrected chi connectivity index (χ0v) is 8.29. The average Bonchev–Trinajstić information content (AvgIpc) is 2.14. The molecular weight excluding hydrogens is 168 g/mol. The first-order valence-electron chi connectivity index (χ1n) is 4.60. The first kappa shape index (κ1) is 14.7. The van der Waals surface area contributed by atoms with E-state index in [1.165, 1.54) is 32.1 Å². The van der Waals surface area contributed by atoms with Crippen LogP contribution < -0.4 is 5.11 Å². The molecule has 0 radical (unpaired) electrons. The molecular formula is C10H19O3-. The Morgan fingerprint density at radius 2 is 2.00 bits per heavy atom. The van der Waals surface area contributed by atoms with Crippen molar-refractivity contribution in [3.63, 3.8) is 0 Å². The number of carboxylic acids is 1. The van der Waals surface area contributed by atoms with Gasteiger partial charge in [-0.1, -0.05) is 32.3 Å². The number of aliphatic hydroxyl groups is 1.